The Hall–Kier alpha value is 0.0787. The number of unbranched alkanes of at least 4 members (excludes halogenated alkanes) is 3. The summed E-state index contributed by atoms with van der Waals surface area (Å²) in [4.78, 5) is 0. The quantitative estimate of drug-likeness (QED) is 0.446. The fourth-order valence-corrected chi connectivity index (χ4v) is 22.1. The van der Waals surface area contributed by atoms with Crippen molar-refractivity contribution in [2.45, 2.75) is 86.5 Å². The maximum atomic E-state index is 2.58. The molecule has 0 spiro atoms. The second kappa shape index (κ2) is 9.27. The van der Waals surface area contributed by atoms with Gasteiger partial charge >= 0.3 is 137 Å². The fraction of sp³-hybridized carbons (Fsp3) is 0.789. The first-order valence-corrected chi connectivity index (χ1v) is 16.6. The molecule has 0 fully saturated rings. The van der Waals surface area contributed by atoms with Gasteiger partial charge in [-0.2, -0.15) is 0 Å². The van der Waals surface area contributed by atoms with Crippen LogP contribution in [0.1, 0.15) is 70.6 Å². The molecular formula is C19H37NSn. The van der Waals surface area contributed by atoms with Crippen molar-refractivity contribution in [3.63, 3.8) is 0 Å². The molecule has 0 amide bonds. The van der Waals surface area contributed by atoms with Crippen LogP contribution in [0, 0.1) is 13.8 Å². The molecule has 0 aliphatic heterocycles. The SMILES string of the molecule is CCC[CH2][Sn]([CH2]CCC)([CH2]CCC)[c]1c(C)cc(C)n1C. The van der Waals surface area contributed by atoms with Crippen molar-refractivity contribution < 1.29 is 0 Å². The second-order valence-electron chi connectivity index (χ2n) is 6.97. The van der Waals surface area contributed by atoms with Gasteiger partial charge in [0.1, 0.15) is 0 Å². The molecule has 0 saturated heterocycles. The number of rotatable bonds is 10. The molecule has 0 aliphatic carbocycles. The monoisotopic (exact) mass is 399 g/mol. The summed E-state index contributed by atoms with van der Waals surface area (Å²) in [5.74, 6) is 0. The Bertz CT molecular complexity index is 398. The van der Waals surface area contributed by atoms with Gasteiger partial charge in [0, 0.05) is 0 Å². The molecule has 1 nitrogen and oxygen atoms in total. The molecule has 1 rings (SSSR count). The van der Waals surface area contributed by atoms with Crippen LogP contribution in [0.3, 0.4) is 0 Å². The van der Waals surface area contributed by atoms with Crippen LogP contribution >= 0.6 is 0 Å². The van der Waals surface area contributed by atoms with Crippen molar-refractivity contribution in [3.05, 3.63) is 17.3 Å². The van der Waals surface area contributed by atoms with E-state index < -0.39 is 18.4 Å². The fourth-order valence-electron chi connectivity index (χ4n) is 3.97. The summed E-state index contributed by atoms with van der Waals surface area (Å²) in [7, 11) is 2.33. The van der Waals surface area contributed by atoms with E-state index in [0.29, 0.717) is 0 Å². The molecule has 0 bridgehead atoms. The summed E-state index contributed by atoms with van der Waals surface area (Å²) in [6.45, 7) is 11.7. The number of aromatic nitrogens is 1. The Balaban J connectivity index is 3.22. The maximum absolute atomic E-state index is 2.58. The molecule has 0 saturated carbocycles. The van der Waals surface area contributed by atoms with E-state index in [0.717, 1.165) is 0 Å². The van der Waals surface area contributed by atoms with Crippen LogP contribution in [0.25, 0.3) is 0 Å². The van der Waals surface area contributed by atoms with Crippen molar-refractivity contribution >= 4 is 22.1 Å². The van der Waals surface area contributed by atoms with Gasteiger partial charge in [0.2, 0.25) is 0 Å². The van der Waals surface area contributed by atoms with E-state index in [4.69, 9.17) is 0 Å². The van der Waals surface area contributed by atoms with Crippen LogP contribution in [0.15, 0.2) is 6.07 Å². The van der Waals surface area contributed by atoms with Crippen LogP contribution in [-0.2, 0) is 7.05 Å². The molecule has 0 aliphatic rings. The van der Waals surface area contributed by atoms with Gasteiger partial charge in [0.25, 0.3) is 0 Å². The summed E-state index contributed by atoms with van der Waals surface area (Å²) < 4.78 is 9.14. The third kappa shape index (κ3) is 4.77. The summed E-state index contributed by atoms with van der Waals surface area (Å²) in [5, 5.41) is 0. The zero-order chi connectivity index (χ0) is 15.9. The van der Waals surface area contributed by atoms with Crippen molar-refractivity contribution in [1.82, 2.24) is 4.57 Å². The Morgan fingerprint density at radius 2 is 1.29 bits per heavy atom. The molecule has 1 aromatic heterocycles. The standard InChI is InChI=1S/C7H10N.3C4H9.Sn/c1-6-4-7(2)8(3)5-6;3*1-3-4-2;/h4H,1-3H3;3*1,3-4H2,2H3;. The Kier molecular flexibility index (Phi) is 8.44. The third-order valence-electron chi connectivity index (χ3n) is 5.19. The van der Waals surface area contributed by atoms with E-state index in [1.807, 2.05) is 3.71 Å². The summed E-state index contributed by atoms with van der Waals surface area (Å²) in [6.07, 6.45) is 8.44. The van der Waals surface area contributed by atoms with E-state index in [9.17, 15) is 0 Å². The van der Waals surface area contributed by atoms with Crippen molar-refractivity contribution in [3.8, 4) is 0 Å². The second-order valence-corrected chi connectivity index (χ2v) is 19.9. The van der Waals surface area contributed by atoms with Gasteiger partial charge in [0.15, 0.2) is 0 Å². The number of hydrogen-bond donors (Lipinski definition) is 0. The Labute approximate surface area is 137 Å². The van der Waals surface area contributed by atoms with E-state index in [1.165, 1.54) is 44.2 Å². The molecule has 122 valence electrons. The zero-order valence-electron chi connectivity index (χ0n) is 15.4. The minimum absolute atomic E-state index is 1.36. The van der Waals surface area contributed by atoms with Crippen LogP contribution in [0.4, 0.5) is 0 Å². The predicted molar refractivity (Wildman–Crippen MR) is 99.4 cm³/mol. The number of hydrogen-bond acceptors (Lipinski definition) is 0. The van der Waals surface area contributed by atoms with Crippen LogP contribution in [-0.4, -0.2) is 22.9 Å². The van der Waals surface area contributed by atoms with Gasteiger partial charge < -0.3 is 0 Å². The van der Waals surface area contributed by atoms with Gasteiger partial charge in [-0.25, -0.2) is 0 Å². The first kappa shape index (κ1) is 19.1. The van der Waals surface area contributed by atoms with E-state index >= 15 is 0 Å². The van der Waals surface area contributed by atoms with Crippen LogP contribution in [0.2, 0.25) is 13.3 Å². The van der Waals surface area contributed by atoms with Gasteiger partial charge in [-0.05, 0) is 0 Å². The normalized spacial score (nSPS) is 12.1. The number of aryl methyl sites for hydroxylation is 2. The molecule has 0 N–H and O–H groups in total. The molecular weight excluding hydrogens is 361 g/mol. The van der Waals surface area contributed by atoms with Crippen molar-refractivity contribution in [2.75, 3.05) is 0 Å². The van der Waals surface area contributed by atoms with E-state index in [2.05, 4.69) is 52.3 Å². The summed E-state index contributed by atoms with van der Waals surface area (Å²) in [5.41, 5.74) is 3.07. The van der Waals surface area contributed by atoms with E-state index in [-0.39, 0.29) is 0 Å². The molecule has 0 radical (unpaired) electrons. The molecule has 0 aromatic carbocycles. The van der Waals surface area contributed by atoms with Gasteiger partial charge in [-0.15, -0.1) is 0 Å². The molecule has 0 atom stereocenters. The molecule has 1 heterocycles. The van der Waals surface area contributed by atoms with E-state index in [1.54, 1.807) is 18.9 Å². The number of nitrogens with zero attached hydrogens (tertiary/aromatic N) is 1. The van der Waals surface area contributed by atoms with Crippen LogP contribution < -0.4 is 3.71 Å². The predicted octanol–water partition coefficient (Wildman–Crippen LogP) is 5.70. The molecule has 21 heavy (non-hydrogen) atoms. The van der Waals surface area contributed by atoms with Gasteiger partial charge in [-0.3, -0.25) is 0 Å². The molecule has 1 aromatic rings. The van der Waals surface area contributed by atoms with Crippen LogP contribution in [0.5, 0.6) is 0 Å². The zero-order valence-corrected chi connectivity index (χ0v) is 18.2. The Morgan fingerprint density at radius 1 is 0.857 bits per heavy atom. The average Bonchev–Trinajstić information content (AvgIpc) is 2.73. The first-order chi connectivity index (χ1) is 10.0. The summed E-state index contributed by atoms with van der Waals surface area (Å²) in [6, 6.07) is 2.44. The third-order valence-corrected chi connectivity index (χ3v) is 21.4. The van der Waals surface area contributed by atoms with Gasteiger partial charge in [0.05, 0.1) is 0 Å². The Morgan fingerprint density at radius 3 is 1.57 bits per heavy atom. The topological polar surface area (TPSA) is 4.93 Å². The average molecular weight is 398 g/mol. The van der Waals surface area contributed by atoms with Crippen molar-refractivity contribution in [1.29, 1.82) is 0 Å². The molecule has 0 unspecified atom stereocenters. The minimum atomic E-state index is -2.24. The van der Waals surface area contributed by atoms with Gasteiger partial charge in [-0.1, -0.05) is 0 Å². The van der Waals surface area contributed by atoms with Crippen molar-refractivity contribution in [2.24, 2.45) is 7.05 Å². The molecule has 2 heteroatoms. The summed E-state index contributed by atoms with van der Waals surface area (Å²) >= 11 is -2.24. The first-order valence-electron chi connectivity index (χ1n) is 9.15.